The van der Waals surface area contributed by atoms with Crippen molar-refractivity contribution in [2.45, 2.75) is 18.3 Å². The Bertz CT molecular complexity index is 827. The van der Waals surface area contributed by atoms with Crippen molar-refractivity contribution in [1.29, 1.82) is 0 Å². The van der Waals surface area contributed by atoms with Gasteiger partial charge in [0, 0.05) is 12.7 Å². The second-order valence-electron chi connectivity index (χ2n) is 6.26. The summed E-state index contributed by atoms with van der Waals surface area (Å²) in [6.45, 7) is 1.56. The van der Waals surface area contributed by atoms with Gasteiger partial charge in [-0.15, -0.1) is 11.8 Å². The van der Waals surface area contributed by atoms with Crippen LogP contribution in [0.2, 0.25) is 0 Å². The van der Waals surface area contributed by atoms with E-state index in [1.807, 2.05) is 30.3 Å². The maximum atomic E-state index is 12.4. The number of amides is 2. The van der Waals surface area contributed by atoms with Crippen molar-refractivity contribution in [3.8, 4) is 5.75 Å². The van der Waals surface area contributed by atoms with E-state index in [0.717, 1.165) is 0 Å². The standard InChI is InChI=1S/C20H22N2O6S/c1-14(23)22-16(13-29-19(22)17-8-5-10-27-17)20(25)28-12-18(24)21-9-11-26-15-6-3-2-4-7-15/h2-8,10,16,19H,9,11-13H2,1H3,(H,21,24)/t16-,19+/m1/s1. The van der Waals surface area contributed by atoms with Crippen LogP contribution in [0, 0.1) is 0 Å². The Hall–Kier alpha value is -2.94. The number of nitrogens with one attached hydrogen (secondary N) is 1. The third-order valence-electron chi connectivity index (χ3n) is 4.20. The number of para-hydroxylation sites is 1. The van der Waals surface area contributed by atoms with E-state index in [0.29, 0.717) is 23.9 Å². The number of benzene rings is 1. The minimum atomic E-state index is -0.762. The van der Waals surface area contributed by atoms with Crippen LogP contribution in [0.5, 0.6) is 5.75 Å². The number of thioether (sulfide) groups is 1. The van der Waals surface area contributed by atoms with Crippen LogP contribution in [0.25, 0.3) is 0 Å². The zero-order chi connectivity index (χ0) is 20.6. The highest BCUT2D eigenvalue weighted by Gasteiger charge is 2.43. The van der Waals surface area contributed by atoms with Crippen molar-refractivity contribution in [3.05, 3.63) is 54.5 Å². The SMILES string of the molecule is CC(=O)N1[C@@H](C(=O)OCC(=O)NCCOc2ccccc2)CS[C@H]1c1ccco1. The van der Waals surface area contributed by atoms with Gasteiger partial charge in [0.25, 0.3) is 5.91 Å². The molecule has 0 bridgehead atoms. The molecule has 2 atom stereocenters. The predicted molar refractivity (Wildman–Crippen MR) is 106 cm³/mol. The fourth-order valence-electron chi connectivity index (χ4n) is 2.88. The van der Waals surface area contributed by atoms with Gasteiger partial charge in [0.2, 0.25) is 5.91 Å². The normalized spacial score (nSPS) is 18.3. The van der Waals surface area contributed by atoms with Gasteiger partial charge in [-0.3, -0.25) is 9.59 Å². The Kier molecular flexibility index (Phi) is 7.18. The zero-order valence-electron chi connectivity index (χ0n) is 15.9. The molecule has 1 saturated heterocycles. The number of hydrogen-bond acceptors (Lipinski definition) is 7. The summed E-state index contributed by atoms with van der Waals surface area (Å²) < 4.78 is 16.0. The van der Waals surface area contributed by atoms with E-state index in [2.05, 4.69) is 5.32 Å². The average molecular weight is 418 g/mol. The Labute approximate surface area is 172 Å². The first-order valence-electron chi connectivity index (χ1n) is 9.11. The maximum Gasteiger partial charge on any atom is 0.330 e. The van der Waals surface area contributed by atoms with Gasteiger partial charge >= 0.3 is 5.97 Å². The molecule has 0 radical (unpaired) electrons. The molecule has 0 unspecified atom stereocenters. The van der Waals surface area contributed by atoms with Gasteiger partial charge in [-0.2, -0.15) is 0 Å². The molecule has 1 aliphatic heterocycles. The average Bonchev–Trinajstić information content (AvgIpc) is 3.39. The van der Waals surface area contributed by atoms with Crippen molar-refractivity contribution in [1.82, 2.24) is 10.2 Å². The smallest absolute Gasteiger partial charge is 0.330 e. The second-order valence-corrected chi connectivity index (χ2v) is 7.38. The molecule has 0 aliphatic carbocycles. The first-order valence-corrected chi connectivity index (χ1v) is 10.2. The van der Waals surface area contributed by atoms with Crippen LogP contribution >= 0.6 is 11.8 Å². The molecule has 0 saturated carbocycles. The molecular formula is C20H22N2O6S. The Morgan fingerprint density at radius 2 is 2.00 bits per heavy atom. The summed E-state index contributed by atoms with van der Waals surface area (Å²) in [7, 11) is 0. The number of carbonyl (C=O) groups excluding carboxylic acids is 3. The van der Waals surface area contributed by atoms with Crippen LogP contribution in [-0.4, -0.2) is 54.2 Å². The van der Waals surface area contributed by atoms with Crippen LogP contribution in [0.3, 0.4) is 0 Å². The lowest BCUT2D eigenvalue weighted by Gasteiger charge is -2.25. The highest BCUT2D eigenvalue weighted by Crippen LogP contribution is 2.41. The van der Waals surface area contributed by atoms with E-state index in [9.17, 15) is 14.4 Å². The minimum absolute atomic E-state index is 0.263. The van der Waals surface area contributed by atoms with Gasteiger partial charge in [-0.1, -0.05) is 18.2 Å². The third-order valence-corrected chi connectivity index (χ3v) is 5.49. The number of rotatable bonds is 8. The number of ether oxygens (including phenoxy) is 2. The van der Waals surface area contributed by atoms with E-state index >= 15 is 0 Å². The number of carbonyl (C=O) groups is 3. The first kappa shape index (κ1) is 20.8. The van der Waals surface area contributed by atoms with Crippen molar-refractivity contribution in [2.24, 2.45) is 0 Å². The lowest BCUT2D eigenvalue weighted by atomic mass is 10.2. The second kappa shape index (κ2) is 10.0. The third kappa shape index (κ3) is 5.54. The Balaban J connectivity index is 1.42. The van der Waals surface area contributed by atoms with Crippen molar-refractivity contribution in [2.75, 3.05) is 25.5 Å². The molecule has 2 amide bonds. The van der Waals surface area contributed by atoms with Crippen molar-refractivity contribution >= 4 is 29.5 Å². The van der Waals surface area contributed by atoms with Crippen molar-refractivity contribution < 1.29 is 28.3 Å². The molecule has 154 valence electrons. The van der Waals surface area contributed by atoms with Gasteiger partial charge in [-0.25, -0.2) is 4.79 Å². The van der Waals surface area contributed by atoms with E-state index in [1.165, 1.54) is 29.8 Å². The van der Waals surface area contributed by atoms with E-state index in [4.69, 9.17) is 13.9 Å². The Morgan fingerprint density at radius 1 is 1.21 bits per heavy atom. The van der Waals surface area contributed by atoms with Crippen LogP contribution in [0.15, 0.2) is 53.1 Å². The van der Waals surface area contributed by atoms with Gasteiger partial charge in [0.1, 0.15) is 29.5 Å². The number of furan rings is 1. The van der Waals surface area contributed by atoms with Crippen molar-refractivity contribution in [3.63, 3.8) is 0 Å². The van der Waals surface area contributed by atoms with Crippen LogP contribution in [-0.2, 0) is 19.1 Å². The molecule has 2 aromatic rings. The maximum absolute atomic E-state index is 12.4. The molecule has 3 rings (SSSR count). The first-order chi connectivity index (χ1) is 14.1. The molecule has 1 fully saturated rings. The van der Waals surface area contributed by atoms with Gasteiger partial charge in [-0.05, 0) is 24.3 Å². The predicted octanol–water partition coefficient (Wildman–Crippen LogP) is 1.98. The molecule has 1 aromatic carbocycles. The van der Waals surface area contributed by atoms with Crippen LogP contribution < -0.4 is 10.1 Å². The lowest BCUT2D eigenvalue weighted by Crippen LogP contribution is -2.43. The van der Waals surface area contributed by atoms with Gasteiger partial charge < -0.3 is 24.1 Å². The highest BCUT2D eigenvalue weighted by atomic mass is 32.2. The summed E-state index contributed by atoms with van der Waals surface area (Å²) >= 11 is 1.42. The number of esters is 1. The molecule has 2 heterocycles. The molecule has 1 aromatic heterocycles. The topological polar surface area (TPSA) is 98.1 Å². The summed E-state index contributed by atoms with van der Waals surface area (Å²) in [5.74, 6) is 0.367. The van der Waals surface area contributed by atoms with Crippen LogP contribution in [0.1, 0.15) is 18.1 Å². The highest BCUT2D eigenvalue weighted by molar-refractivity contribution is 7.99. The van der Waals surface area contributed by atoms with Gasteiger partial charge in [0.15, 0.2) is 6.61 Å². The summed E-state index contributed by atoms with van der Waals surface area (Å²) in [5, 5.41) is 2.24. The monoisotopic (exact) mass is 418 g/mol. The van der Waals surface area contributed by atoms with E-state index in [1.54, 1.807) is 12.1 Å². The number of nitrogens with zero attached hydrogens (tertiary/aromatic N) is 1. The fraction of sp³-hybridized carbons (Fsp3) is 0.350. The molecule has 0 spiro atoms. The molecular weight excluding hydrogens is 396 g/mol. The molecule has 1 aliphatic rings. The zero-order valence-corrected chi connectivity index (χ0v) is 16.7. The van der Waals surface area contributed by atoms with Crippen LogP contribution in [0.4, 0.5) is 0 Å². The molecule has 8 nitrogen and oxygen atoms in total. The lowest BCUT2D eigenvalue weighted by molar-refractivity contribution is -0.156. The molecule has 9 heteroatoms. The quantitative estimate of drug-likeness (QED) is 0.517. The van der Waals surface area contributed by atoms with E-state index in [-0.39, 0.29) is 17.8 Å². The minimum Gasteiger partial charge on any atom is -0.492 e. The summed E-state index contributed by atoms with van der Waals surface area (Å²) in [5.41, 5.74) is 0. The molecule has 29 heavy (non-hydrogen) atoms. The summed E-state index contributed by atoms with van der Waals surface area (Å²) in [6.07, 6.45) is 1.52. The van der Waals surface area contributed by atoms with Gasteiger partial charge in [0.05, 0.1) is 12.8 Å². The summed E-state index contributed by atoms with van der Waals surface area (Å²) in [6, 6.07) is 12.0. The molecule has 1 N–H and O–H groups in total. The van der Waals surface area contributed by atoms with E-state index < -0.39 is 24.5 Å². The Morgan fingerprint density at radius 3 is 2.69 bits per heavy atom. The fourth-order valence-corrected chi connectivity index (χ4v) is 4.30. The number of hydrogen-bond donors (Lipinski definition) is 1. The largest absolute Gasteiger partial charge is 0.492 e. The summed E-state index contributed by atoms with van der Waals surface area (Å²) in [4.78, 5) is 37.8.